The number of hydrogen-bond acceptors (Lipinski definition) is 4. The molecule has 0 aliphatic carbocycles. The van der Waals surface area contributed by atoms with Crippen molar-refractivity contribution in [2.45, 2.75) is 25.8 Å². The minimum Gasteiger partial charge on any atom is -0.348 e. The Morgan fingerprint density at radius 1 is 1.45 bits per heavy atom. The van der Waals surface area contributed by atoms with E-state index in [9.17, 15) is 14.9 Å². The topological polar surface area (TPSA) is 75.5 Å². The molecular weight excluding hydrogens is 258 g/mol. The summed E-state index contributed by atoms with van der Waals surface area (Å²) in [6.45, 7) is 5.06. The van der Waals surface area contributed by atoms with Crippen molar-refractivity contribution in [3.63, 3.8) is 0 Å². The molecule has 1 heterocycles. The monoisotopic (exact) mass is 277 g/mol. The Morgan fingerprint density at radius 2 is 2.15 bits per heavy atom. The highest BCUT2D eigenvalue weighted by Gasteiger charge is 2.21. The first kappa shape index (κ1) is 14.5. The molecule has 6 heteroatoms. The van der Waals surface area contributed by atoms with Gasteiger partial charge in [-0.1, -0.05) is 6.92 Å². The predicted molar refractivity (Wildman–Crippen MR) is 75.7 cm³/mol. The molecule has 1 N–H and O–H groups in total. The molecule has 1 unspecified atom stereocenters. The maximum atomic E-state index is 12.1. The van der Waals surface area contributed by atoms with Crippen LogP contribution in [0.4, 0.5) is 5.69 Å². The molecule has 1 aromatic rings. The number of nitro groups is 1. The SMILES string of the molecule is CCN1CCCC(NC(=O)c2ccc([N+](=O)[O-])cc2)C1. The fourth-order valence-corrected chi connectivity index (χ4v) is 2.46. The Kier molecular flexibility index (Phi) is 4.68. The van der Waals surface area contributed by atoms with Crippen LogP contribution in [-0.2, 0) is 0 Å². The fraction of sp³-hybridized carbons (Fsp3) is 0.500. The summed E-state index contributed by atoms with van der Waals surface area (Å²) in [7, 11) is 0. The van der Waals surface area contributed by atoms with Gasteiger partial charge in [0.05, 0.1) is 4.92 Å². The molecule has 0 saturated carbocycles. The number of amides is 1. The molecule has 1 saturated heterocycles. The van der Waals surface area contributed by atoms with Gasteiger partial charge in [-0.3, -0.25) is 14.9 Å². The summed E-state index contributed by atoms with van der Waals surface area (Å²) in [5, 5.41) is 13.6. The Labute approximate surface area is 117 Å². The number of rotatable bonds is 4. The van der Waals surface area contributed by atoms with Crippen LogP contribution in [0.1, 0.15) is 30.1 Å². The zero-order chi connectivity index (χ0) is 14.5. The number of carbonyl (C=O) groups is 1. The molecule has 1 amide bonds. The summed E-state index contributed by atoms with van der Waals surface area (Å²) in [5.74, 6) is -0.164. The van der Waals surface area contributed by atoms with Gasteiger partial charge in [-0.05, 0) is 38.1 Å². The van der Waals surface area contributed by atoms with Crippen molar-refractivity contribution in [1.82, 2.24) is 10.2 Å². The van der Waals surface area contributed by atoms with Crippen molar-refractivity contribution in [2.24, 2.45) is 0 Å². The van der Waals surface area contributed by atoms with Gasteiger partial charge in [0, 0.05) is 30.3 Å². The lowest BCUT2D eigenvalue weighted by atomic mass is 10.1. The molecule has 0 bridgehead atoms. The minimum absolute atomic E-state index is 0.00336. The van der Waals surface area contributed by atoms with Crippen molar-refractivity contribution in [3.8, 4) is 0 Å². The first-order valence-electron chi connectivity index (χ1n) is 6.88. The third-order valence-corrected chi connectivity index (χ3v) is 3.63. The number of carbonyl (C=O) groups excluding carboxylic acids is 1. The van der Waals surface area contributed by atoms with E-state index in [1.807, 2.05) is 0 Å². The van der Waals surface area contributed by atoms with Gasteiger partial charge >= 0.3 is 0 Å². The van der Waals surface area contributed by atoms with Crippen molar-refractivity contribution in [1.29, 1.82) is 0 Å². The van der Waals surface area contributed by atoms with Crippen LogP contribution in [-0.4, -0.2) is 41.4 Å². The highest BCUT2D eigenvalue weighted by Crippen LogP contribution is 2.13. The minimum atomic E-state index is -0.470. The van der Waals surface area contributed by atoms with E-state index in [1.165, 1.54) is 24.3 Å². The van der Waals surface area contributed by atoms with Gasteiger partial charge in [-0.25, -0.2) is 0 Å². The Balaban J connectivity index is 1.95. The van der Waals surface area contributed by atoms with Crippen LogP contribution in [0.5, 0.6) is 0 Å². The van der Waals surface area contributed by atoms with Crippen LogP contribution in [0.25, 0.3) is 0 Å². The van der Waals surface area contributed by atoms with Crippen molar-refractivity contribution in [3.05, 3.63) is 39.9 Å². The number of nitrogens with one attached hydrogen (secondary N) is 1. The molecule has 1 aliphatic rings. The average molecular weight is 277 g/mol. The summed E-state index contributed by atoms with van der Waals surface area (Å²) in [6, 6.07) is 5.86. The standard InChI is InChI=1S/C14H19N3O3/c1-2-16-9-3-4-12(10-16)15-14(18)11-5-7-13(8-6-11)17(19)20/h5-8,12H,2-4,9-10H2,1H3,(H,15,18). The van der Waals surface area contributed by atoms with E-state index in [4.69, 9.17) is 0 Å². The number of benzene rings is 1. The van der Waals surface area contributed by atoms with Crippen LogP contribution in [0.15, 0.2) is 24.3 Å². The Hall–Kier alpha value is -1.95. The maximum Gasteiger partial charge on any atom is 0.269 e. The second-order valence-electron chi connectivity index (χ2n) is 5.01. The summed E-state index contributed by atoms with van der Waals surface area (Å²) < 4.78 is 0. The van der Waals surface area contributed by atoms with Gasteiger partial charge < -0.3 is 10.2 Å². The molecule has 1 aromatic carbocycles. The molecule has 1 fully saturated rings. The molecule has 6 nitrogen and oxygen atoms in total. The number of hydrogen-bond donors (Lipinski definition) is 1. The lowest BCUT2D eigenvalue weighted by molar-refractivity contribution is -0.384. The van der Waals surface area contributed by atoms with E-state index in [0.29, 0.717) is 5.56 Å². The summed E-state index contributed by atoms with van der Waals surface area (Å²) in [4.78, 5) is 24.5. The maximum absolute atomic E-state index is 12.1. The van der Waals surface area contributed by atoms with E-state index in [0.717, 1.165) is 32.5 Å². The van der Waals surface area contributed by atoms with Crippen molar-refractivity contribution in [2.75, 3.05) is 19.6 Å². The van der Waals surface area contributed by atoms with Crippen LogP contribution in [0, 0.1) is 10.1 Å². The Morgan fingerprint density at radius 3 is 2.75 bits per heavy atom. The highest BCUT2D eigenvalue weighted by atomic mass is 16.6. The van der Waals surface area contributed by atoms with Gasteiger partial charge in [0.25, 0.3) is 11.6 Å². The zero-order valence-electron chi connectivity index (χ0n) is 11.5. The molecule has 1 aliphatic heterocycles. The second-order valence-corrected chi connectivity index (χ2v) is 5.01. The molecule has 0 spiro atoms. The van der Waals surface area contributed by atoms with Gasteiger partial charge in [0.15, 0.2) is 0 Å². The molecule has 2 rings (SSSR count). The first-order chi connectivity index (χ1) is 9.60. The average Bonchev–Trinajstić information content (AvgIpc) is 2.47. The number of nitrogens with zero attached hydrogens (tertiary/aromatic N) is 2. The second kappa shape index (κ2) is 6.47. The number of non-ortho nitro benzene ring substituents is 1. The van der Waals surface area contributed by atoms with Crippen LogP contribution >= 0.6 is 0 Å². The predicted octanol–water partition coefficient (Wildman–Crippen LogP) is 1.81. The first-order valence-corrected chi connectivity index (χ1v) is 6.88. The lowest BCUT2D eigenvalue weighted by Crippen LogP contribution is -2.47. The Bertz CT molecular complexity index is 487. The molecule has 0 aromatic heterocycles. The highest BCUT2D eigenvalue weighted by molar-refractivity contribution is 5.94. The number of likely N-dealkylation sites (N-methyl/N-ethyl adjacent to an activating group) is 1. The summed E-state index contributed by atoms with van der Waals surface area (Å²) in [6.07, 6.45) is 2.06. The normalized spacial score (nSPS) is 19.6. The quantitative estimate of drug-likeness (QED) is 0.672. The smallest absolute Gasteiger partial charge is 0.269 e. The molecular formula is C14H19N3O3. The van der Waals surface area contributed by atoms with E-state index in [2.05, 4.69) is 17.1 Å². The molecule has 0 radical (unpaired) electrons. The van der Waals surface area contributed by atoms with Gasteiger partial charge in [-0.2, -0.15) is 0 Å². The summed E-state index contributed by atoms with van der Waals surface area (Å²) in [5.41, 5.74) is 0.459. The molecule has 108 valence electrons. The zero-order valence-corrected chi connectivity index (χ0v) is 11.5. The van der Waals surface area contributed by atoms with Gasteiger partial charge in [0.1, 0.15) is 0 Å². The van der Waals surface area contributed by atoms with E-state index < -0.39 is 4.92 Å². The number of piperidine rings is 1. The van der Waals surface area contributed by atoms with E-state index in [1.54, 1.807) is 0 Å². The lowest BCUT2D eigenvalue weighted by Gasteiger charge is -2.32. The number of nitro benzene ring substituents is 1. The number of likely N-dealkylation sites (tertiary alicyclic amines) is 1. The van der Waals surface area contributed by atoms with Crippen LogP contribution in [0.3, 0.4) is 0 Å². The fourth-order valence-electron chi connectivity index (χ4n) is 2.46. The molecule has 1 atom stereocenters. The van der Waals surface area contributed by atoms with Crippen LogP contribution < -0.4 is 5.32 Å². The summed E-state index contributed by atoms with van der Waals surface area (Å²) >= 11 is 0. The third kappa shape index (κ3) is 3.54. The van der Waals surface area contributed by atoms with Gasteiger partial charge in [-0.15, -0.1) is 0 Å². The van der Waals surface area contributed by atoms with Crippen molar-refractivity contribution >= 4 is 11.6 Å². The van der Waals surface area contributed by atoms with Gasteiger partial charge in [0.2, 0.25) is 0 Å². The van der Waals surface area contributed by atoms with Crippen LogP contribution in [0.2, 0.25) is 0 Å². The molecule has 20 heavy (non-hydrogen) atoms. The van der Waals surface area contributed by atoms with E-state index >= 15 is 0 Å². The third-order valence-electron chi connectivity index (χ3n) is 3.63. The largest absolute Gasteiger partial charge is 0.348 e. The van der Waals surface area contributed by atoms with E-state index in [-0.39, 0.29) is 17.6 Å². The van der Waals surface area contributed by atoms with Crippen molar-refractivity contribution < 1.29 is 9.72 Å².